The molecule has 0 saturated heterocycles. The number of thioether (sulfide) groups is 1. The number of rotatable bonds is 4. The molecule has 1 aliphatic heterocycles. The van der Waals surface area contributed by atoms with Crippen LogP contribution in [0.4, 0.5) is 14.5 Å². The van der Waals surface area contributed by atoms with E-state index in [1.54, 1.807) is 12.1 Å². The molecule has 3 rings (SSSR count). The van der Waals surface area contributed by atoms with Crippen LogP contribution in [0.1, 0.15) is 6.42 Å². The van der Waals surface area contributed by atoms with Crippen molar-refractivity contribution in [2.24, 2.45) is 0 Å². The minimum Gasteiger partial charge on any atom is -0.490 e. The minimum atomic E-state index is -0.676. The van der Waals surface area contributed by atoms with Crippen LogP contribution in [-0.4, -0.2) is 24.9 Å². The summed E-state index contributed by atoms with van der Waals surface area (Å²) in [5.74, 6) is -0.309. The molecule has 0 bridgehead atoms. The third-order valence-electron chi connectivity index (χ3n) is 3.29. The molecule has 0 atom stereocenters. The fourth-order valence-electron chi connectivity index (χ4n) is 2.16. The predicted octanol–water partition coefficient (Wildman–Crippen LogP) is 3.86. The number of benzene rings is 2. The maximum Gasteiger partial charge on any atom is 0.234 e. The van der Waals surface area contributed by atoms with Gasteiger partial charge >= 0.3 is 0 Å². The van der Waals surface area contributed by atoms with Crippen LogP contribution >= 0.6 is 11.8 Å². The first-order valence-corrected chi connectivity index (χ1v) is 8.38. The van der Waals surface area contributed by atoms with Gasteiger partial charge in [0, 0.05) is 17.4 Å². The van der Waals surface area contributed by atoms with Crippen molar-refractivity contribution in [3.8, 4) is 11.5 Å². The number of hydrogen-bond acceptors (Lipinski definition) is 4. The lowest BCUT2D eigenvalue weighted by atomic mass is 10.3. The third-order valence-corrected chi connectivity index (χ3v) is 4.29. The van der Waals surface area contributed by atoms with Crippen molar-refractivity contribution in [3.05, 3.63) is 48.0 Å². The molecule has 0 spiro atoms. The van der Waals surface area contributed by atoms with E-state index in [2.05, 4.69) is 5.32 Å². The number of fused-ring (bicyclic) bond motifs is 1. The lowest BCUT2D eigenvalue weighted by Gasteiger charge is -2.09. The molecule has 1 amide bonds. The van der Waals surface area contributed by atoms with Gasteiger partial charge < -0.3 is 14.8 Å². The van der Waals surface area contributed by atoms with E-state index in [4.69, 9.17) is 9.47 Å². The molecule has 0 fully saturated rings. The van der Waals surface area contributed by atoms with Gasteiger partial charge in [-0.05, 0) is 30.3 Å². The predicted molar refractivity (Wildman–Crippen MR) is 87.8 cm³/mol. The van der Waals surface area contributed by atoms with Crippen LogP contribution < -0.4 is 14.8 Å². The van der Waals surface area contributed by atoms with Crippen molar-refractivity contribution in [2.75, 3.05) is 24.3 Å². The van der Waals surface area contributed by atoms with E-state index in [0.29, 0.717) is 24.7 Å². The van der Waals surface area contributed by atoms with Gasteiger partial charge in [-0.2, -0.15) is 0 Å². The van der Waals surface area contributed by atoms with Crippen LogP contribution in [0.15, 0.2) is 41.3 Å². The monoisotopic (exact) mass is 351 g/mol. The Balaban J connectivity index is 1.60. The zero-order valence-corrected chi connectivity index (χ0v) is 13.5. The van der Waals surface area contributed by atoms with Crippen molar-refractivity contribution in [1.29, 1.82) is 0 Å². The standard InChI is InChI=1S/C17H15F2NO3S/c18-11-2-4-13(19)14(8-11)20-17(21)10-24-12-3-5-15-16(9-12)23-7-1-6-22-15/h2-5,8-9H,1,6-7,10H2,(H,20,21). The van der Waals surface area contributed by atoms with Crippen LogP contribution in [0.2, 0.25) is 0 Å². The number of nitrogens with one attached hydrogen (secondary N) is 1. The number of carbonyl (C=O) groups is 1. The molecule has 7 heteroatoms. The minimum absolute atomic E-state index is 0.0651. The van der Waals surface area contributed by atoms with Crippen LogP contribution in [0.3, 0.4) is 0 Å². The summed E-state index contributed by atoms with van der Waals surface area (Å²) in [5.41, 5.74) is -0.167. The molecule has 4 nitrogen and oxygen atoms in total. The molecule has 0 unspecified atom stereocenters. The maximum absolute atomic E-state index is 13.5. The van der Waals surface area contributed by atoms with Crippen molar-refractivity contribution in [3.63, 3.8) is 0 Å². The Bertz CT molecular complexity index is 755. The highest BCUT2D eigenvalue weighted by molar-refractivity contribution is 8.00. The molecule has 1 heterocycles. The van der Waals surface area contributed by atoms with E-state index in [0.717, 1.165) is 29.5 Å². The Kier molecular flexibility index (Phi) is 5.20. The highest BCUT2D eigenvalue weighted by atomic mass is 32.2. The first-order chi connectivity index (χ1) is 11.6. The fourth-order valence-corrected chi connectivity index (χ4v) is 2.89. The fraction of sp³-hybridized carbons (Fsp3) is 0.235. The Morgan fingerprint density at radius 2 is 1.88 bits per heavy atom. The lowest BCUT2D eigenvalue weighted by molar-refractivity contribution is -0.113. The largest absolute Gasteiger partial charge is 0.490 e. The van der Waals surface area contributed by atoms with E-state index < -0.39 is 17.5 Å². The van der Waals surface area contributed by atoms with Gasteiger partial charge in [0.25, 0.3) is 0 Å². The van der Waals surface area contributed by atoms with E-state index in [9.17, 15) is 13.6 Å². The van der Waals surface area contributed by atoms with Crippen LogP contribution in [-0.2, 0) is 4.79 Å². The molecule has 24 heavy (non-hydrogen) atoms. The van der Waals surface area contributed by atoms with Gasteiger partial charge in [-0.3, -0.25) is 4.79 Å². The average molecular weight is 351 g/mol. The molecule has 0 saturated carbocycles. The van der Waals surface area contributed by atoms with Gasteiger partial charge in [0.2, 0.25) is 5.91 Å². The molecule has 2 aromatic carbocycles. The van der Waals surface area contributed by atoms with E-state index in [1.165, 1.54) is 11.8 Å². The quantitative estimate of drug-likeness (QED) is 0.850. The van der Waals surface area contributed by atoms with Crippen LogP contribution in [0.5, 0.6) is 11.5 Å². The number of hydrogen-bond donors (Lipinski definition) is 1. The summed E-state index contributed by atoms with van der Waals surface area (Å²) in [7, 11) is 0. The number of halogens is 2. The Labute approximate surface area is 142 Å². The van der Waals surface area contributed by atoms with Gasteiger partial charge in [-0.15, -0.1) is 11.8 Å². The Morgan fingerprint density at radius 3 is 2.71 bits per heavy atom. The van der Waals surface area contributed by atoms with Gasteiger partial charge in [0.15, 0.2) is 11.5 Å². The van der Waals surface area contributed by atoms with Gasteiger partial charge in [0.1, 0.15) is 11.6 Å². The summed E-state index contributed by atoms with van der Waals surface area (Å²) in [6, 6.07) is 8.35. The topological polar surface area (TPSA) is 47.6 Å². The second kappa shape index (κ2) is 7.53. The third kappa shape index (κ3) is 4.17. The van der Waals surface area contributed by atoms with E-state index in [-0.39, 0.29) is 11.4 Å². The highest BCUT2D eigenvalue weighted by Gasteiger charge is 2.13. The molecule has 0 aliphatic carbocycles. The first-order valence-electron chi connectivity index (χ1n) is 7.39. The van der Waals surface area contributed by atoms with Gasteiger partial charge in [-0.25, -0.2) is 8.78 Å². The summed E-state index contributed by atoms with van der Waals surface area (Å²) in [5, 5.41) is 2.36. The van der Waals surface area contributed by atoms with Crippen molar-refractivity contribution in [1.82, 2.24) is 0 Å². The van der Waals surface area contributed by atoms with Crippen LogP contribution in [0.25, 0.3) is 0 Å². The van der Waals surface area contributed by atoms with Crippen molar-refractivity contribution in [2.45, 2.75) is 11.3 Å². The summed E-state index contributed by atoms with van der Waals surface area (Å²) in [6.07, 6.45) is 0.818. The number of anilines is 1. The molecule has 0 radical (unpaired) electrons. The maximum atomic E-state index is 13.5. The van der Waals surface area contributed by atoms with Crippen molar-refractivity contribution < 1.29 is 23.0 Å². The van der Waals surface area contributed by atoms with E-state index >= 15 is 0 Å². The number of amides is 1. The molecular formula is C17H15F2NO3S. The molecule has 126 valence electrons. The summed E-state index contributed by atoms with van der Waals surface area (Å²) >= 11 is 1.27. The zero-order valence-electron chi connectivity index (χ0n) is 12.7. The summed E-state index contributed by atoms with van der Waals surface area (Å²) in [4.78, 5) is 12.7. The number of ether oxygens (including phenoxy) is 2. The van der Waals surface area contributed by atoms with Crippen molar-refractivity contribution >= 4 is 23.4 Å². The molecular weight excluding hydrogens is 336 g/mol. The average Bonchev–Trinajstić information content (AvgIpc) is 2.81. The van der Waals surface area contributed by atoms with Crippen LogP contribution in [0, 0.1) is 11.6 Å². The van der Waals surface area contributed by atoms with E-state index in [1.807, 2.05) is 6.07 Å². The first kappa shape index (κ1) is 16.6. The normalized spacial score (nSPS) is 13.2. The Morgan fingerprint density at radius 1 is 1.08 bits per heavy atom. The molecule has 0 aromatic heterocycles. The molecule has 2 aromatic rings. The summed E-state index contributed by atoms with van der Waals surface area (Å²) in [6.45, 7) is 1.20. The highest BCUT2D eigenvalue weighted by Crippen LogP contribution is 2.33. The molecule has 1 aliphatic rings. The smallest absolute Gasteiger partial charge is 0.234 e. The summed E-state index contributed by atoms with van der Waals surface area (Å²) < 4.78 is 37.7. The van der Waals surface area contributed by atoms with Gasteiger partial charge in [-0.1, -0.05) is 0 Å². The van der Waals surface area contributed by atoms with Gasteiger partial charge in [0.05, 0.1) is 24.7 Å². The molecule has 1 N–H and O–H groups in total. The zero-order chi connectivity index (χ0) is 16.9. The SMILES string of the molecule is O=C(CSc1ccc2c(c1)OCCCO2)Nc1cc(F)ccc1F. The number of carbonyl (C=O) groups excluding carboxylic acids is 1. The lowest BCUT2D eigenvalue weighted by Crippen LogP contribution is -2.15. The second-order valence-electron chi connectivity index (χ2n) is 5.12. The second-order valence-corrected chi connectivity index (χ2v) is 6.17. The Hall–Kier alpha value is -2.28.